The Morgan fingerprint density at radius 1 is 1.33 bits per heavy atom. The minimum absolute atomic E-state index is 0.0832. The molecule has 1 aliphatic heterocycles. The number of carbonyl (C=O) groups is 1. The lowest BCUT2D eigenvalue weighted by Crippen LogP contribution is -2.48. The van der Waals surface area contributed by atoms with E-state index in [1.54, 1.807) is 18.0 Å². The van der Waals surface area contributed by atoms with E-state index in [-0.39, 0.29) is 18.1 Å². The molecule has 1 amide bonds. The fourth-order valence-corrected chi connectivity index (χ4v) is 3.83. The first-order valence-corrected chi connectivity index (χ1v) is 9.15. The van der Waals surface area contributed by atoms with E-state index in [1.807, 2.05) is 54.8 Å². The van der Waals surface area contributed by atoms with Crippen molar-refractivity contribution in [2.24, 2.45) is 7.05 Å². The molecule has 3 rings (SSSR count). The van der Waals surface area contributed by atoms with Gasteiger partial charge < -0.3 is 14.2 Å². The van der Waals surface area contributed by atoms with E-state index in [0.29, 0.717) is 13.1 Å². The van der Waals surface area contributed by atoms with Crippen LogP contribution in [0.1, 0.15) is 29.8 Å². The van der Waals surface area contributed by atoms with Gasteiger partial charge in [0.25, 0.3) is 5.91 Å². The molecule has 24 heavy (non-hydrogen) atoms. The normalized spacial score (nSPS) is 21.0. The van der Waals surface area contributed by atoms with Gasteiger partial charge in [0, 0.05) is 43.8 Å². The summed E-state index contributed by atoms with van der Waals surface area (Å²) in [6, 6.07) is 7.89. The maximum absolute atomic E-state index is 12.8. The number of hydrogen-bond acceptors (Lipinski definition) is 4. The van der Waals surface area contributed by atoms with Crippen LogP contribution in [0.25, 0.3) is 0 Å². The Morgan fingerprint density at radius 2 is 2.08 bits per heavy atom. The van der Waals surface area contributed by atoms with Crippen LogP contribution in [0.3, 0.4) is 0 Å². The minimum atomic E-state index is 0.0832. The Kier molecular flexibility index (Phi) is 5.26. The number of aryl methyl sites for hydroxylation is 1. The molecule has 2 atom stereocenters. The lowest BCUT2D eigenvalue weighted by molar-refractivity contribution is -0.0586. The van der Waals surface area contributed by atoms with Gasteiger partial charge in [-0.2, -0.15) is 0 Å². The van der Waals surface area contributed by atoms with E-state index >= 15 is 0 Å². The van der Waals surface area contributed by atoms with Gasteiger partial charge in [-0.1, -0.05) is 23.9 Å². The molecule has 2 aromatic rings. The number of ether oxygens (including phenoxy) is 1. The van der Waals surface area contributed by atoms with Gasteiger partial charge in [0.05, 0.1) is 12.2 Å². The third kappa shape index (κ3) is 3.99. The second-order valence-corrected chi connectivity index (χ2v) is 7.22. The van der Waals surface area contributed by atoms with Crippen LogP contribution in [0.15, 0.2) is 41.8 Å². The zero-order valence-corrected chi connectivity index (χ0v) is 15.1. The molecule has 2 heterocycles. The average Bonchev–Trinajstić information content (AvgIpc) is 2.97. The third-order valence-corrected chi connectivity index (χ3v) is 5.15. The number of hydrogen-bond donors (Lipinski definition) is 0. The maximum atomic E-state index is 12.8. The molecule has 5 nitrogen and oxygen atoms in total. The number of amides is 1. The van der Waals surface area contributed by atoms with Gasteiger partial charge in [0.1, 0.15) is 0 Å². The molecule has 0 N–H and O–H groups in total. The molecule has 0 bridgehead atoms. The van der Waals surface area contributed by atoms with Gasteiger partial charge in [-0.15, -0.1) is 0 Å². The van der Waals surface area contributed by atoms with Crippen molar-refractivity contribution < 1.29 is 9.53 Å². The number of benzene rings is 1. The largest absolute Gasteiger partial charge is 0.372 e. The zero-order valence-electron chi connectivity index (χ0n) is 14.3. The van der Waals surface area contributed by atoms with E-state index < -0.39 is 0 Å². The monoisotopic (exact) mass is 345 g/mol. The molecule has 1 saturated heterocycles. The summed E-state index contributed by atoms with van der Waals surface area (Å²) in [5.74, 6) is 0.878. The smallest absolute Gasteiger partial charge is 0.254 e. The predicted octanol–water partition coefficient (Wildman–Crippen LogP) is 2.96. The average molecular weight is 345 g/mol. The lowest BCUT2D eigenvalue weighted by atomic mass is 10.1. The first-order chi connectivity index (χ1) is 11.5. The Morgan fingerprint density at radius 3 is 2.75 bits per heavy atom. The van der Waals surface area contributed by atoms with Crippen molar-refractivity contribution in [3.8, 4) is 0 Å². The first-order valence-electron chi connectivity index (χ1n) is 8.16. The van der Waals surface area contributed by atoms with E-state index in [2.05, 4.69) is 11.1 Å². The molecule has 128 valence electrons. The minimum Gasteiger partial charge on any atom is -0.372 e. The van der Waals surface area contributed by atoms with Crippen molar-refractivity contribution in [2.45, 2.75) is 37.0 Å². The lowest BCUT2D eigenvalue weighted by Gasteiger charge is -2.35. The highest BCUT2D eigenvalue weighted by Gasteiger charge is 2.26. The van der Waals surface area contributed by atoms with Crippen LogP contribution in [-0.2, 0) is 17.5 Å². The highest BCUT2D eigenvalue weighted by atomic mass is 32.2. The van der Waals surface area contributed by atoms with Crippen molar-refractivity contribution >= 4 is 17.7 Å². The summed E-state index contributed by atoms with van der Waals surface area (Å²) >= 11 is 1.67. The summed E-state index contributed by atoms with van der Waals surface area (Å²) in [5.41, 5.74) is 1.87. The maximum Gasteiger partial charge on any atom is 0.254 e. The fourth-order valence-electron chi connectivity index (χ4n) is 2.96. The molecule has 0 saturated carbocycles. The number of carbonyl (C=O) groups excluding carboxylic acids is 1. The summed E-state index contributed by atoms with van der Waals surface area (Å²) in [4.78, 5) is 19.0. The molecule has 0 aliphatic carbocycles. The Labute approximate surface area is 147 Å². The molecular weight excluding hydrogens is 322 g/mol. The van der Waals surface area contributed by atoms with Crippen molar-refractivity contribution in [3.05, 3.63) is 47.8 Å². The highest BCUT2D eigenvalue weighted by molar-refractivity contribution is 7.98. The molecule has 0 radical (unpaired) electrons. The van der Waals surface area contributed by atoms with E-state index in [9.17, 15) is 4.79 Å². The molecule has 0 unspecified atom stereocenters. The van der Waals surface area contributed by atoms with Gasteiger partial charge in [-0.3, -0.25) is 4.79 Å². The van der Waals surface area contributed by atoms with E-state index in [0.717, 1.165) is 22.0 Å². The van der Waals surface area contributed by atoms with Crippen LogP contribution in [0.4, 0.5) is 0 Å². The number of imidazole rings is 1. The number of morpholine rings is 1. The second-order valence-electron chi connectivity index (χ2n) is 6.28. The topological polar surface area (TPSA) is 47.4 Å². The zero-order chi connectivity index (χ0) is 17.1. The predicted molar refractivity (Wildman–Crippen MR) is 95.1 cm³/mol. The first kappa shape index (κ1) is 17.0. The van der Waals surface area contributed by atoms with Gasteiger partial charge in [0.2, 0.25) is 0 Å². The molecule has 6 heteroatoms. The van der Waals surface area contributed by atoms with Gasteiger partial charge in [-0.25, -0.2) is 4.98 Å². The van der Waals surface area contributed by atoms with Gasteiger partial charge in [-0.05, 0) is 31.5 Å². The van der Waals surface area contributed by atoms with Crippen LogP contribution >= 0.6 is 11.8 Å². The molecule has 1 fully saturated rings. The summed E-state index contributed by atoms with van der Waals surface area (Å²) in [6.07, 6.45) is 3.89. The van der Waals surface area contributed by atoms with Crippen LogP contribution in [0.5, 0.6) is 0 Å². The standard InChI is InChI=1S/C18H23N3O2S/c1-13-10-21(11-14(2)23-13)17(22)16-6-4-5-15(9-16)12-24-18-19-7-8-20(18)3/h4-9,13-14H,10-12H2,1-3H3/t13-,14+. The molecule has 1 aliphatic rings. The van der Waals surface area contributed by atoms with Crippen LogP contribution in [-0.4, -0.2) is 45.7 Å². The van der Waals surface area contributed by atoms with Crippen molar-refractivity contribution in [3.63, 3.8) is 0 Å². The molecule has 1 aromatic carbocycles. The second kappa shape index (κ2) is 7.40. The van der Waals surface area contributed by atoms with Crippen molar-refractivity contribution in [1.82, 2.24) is 14.5 Å². The van der Waals surface area contributed by atoms with E-state index in [1.165, 1.54) is 0 Å². The number of rotatable bonds is 4. The summed E-state index contributed by atoms with van der Waals surface area (Å²) in [5, 5.41) is 0.975. The number of thioether (sulfide) groups is 1. The van der Waals surface area contributed by atoms with Crippen LogP contribution in [0, 0.1) is 0 Å². The number of aromatic nitrogens is 2. The summed E-state index contributed by atoms with van der Waals surface area (Å²) < 4.78 is 7.71. The Balaban J connectivity index is 1.68. The fraction of sp³-hybridized carbons (Fsp3) is 0.444. The van der Waals surface area contributed by atoms with Crippen LogP contribution < -0.4 is 0 Å². The Hall–Kier alpha value is -1.79. The third-order valence-electron chi connectivity index (χ3n) is 4.03. The van der Waals surface area contributed by atoms with Crippen molar-refractivity contribution in [1.29, 1.82) is 0 Å². The Bertz CT molecular complexity index is 706. The SMILES string of the molecule is C[C@@H]1CN(C(=O)c2cccc(CSc3nccn3C)c2)C[C@H](C)O1. The van der Waals surface area contributed by atoms with Crippen LogP contribution in [0.2, 0.25) is 0 Å². The van der Waals surface area contributed by atoms with Gasteiger partial charge >= 0.3 is 0 Å². The quantitative estimate of drug-likeness (QED) is 0.800. The van der Waals surface area contributed by atoms with Gasteiger partial charge in [0.15, 0.2) is 5.16 Å². The number of nitrogens with zero attached hydrogens (tertiary/aromatic N) is 3. The molecule has 0 spiro atoms. The van der Waals surface area contributed by atoms with Crippen molar-refractivity contribution in [2.75, 3.05) is 13.1 Å². The van der Waals surface area contributed by atoms with E-state index in [4.69, 9.17) is 4.74 Å². The summed E-state index contributed by atoms with van der Waals surface area (Å²) in [7, 11) is 1.98. The highest BCUT2D eigenvalue weighted by Crippen LogP contribution is 2.22. The molecule has 1 aromatic heterocycles. The summed E-state index contributed by atoms with van der Waals surface area (Å²) in [6.45, 7) is 5.32. The molecular formula is C18H23N3O2S.